The molecule has 0 rings (SSSR count). The molecule has 1 N–H and O–H groups in total. The number of aliphatic carboxylic acids is 1. The molecule has 0 aromatic rings. The van der Waals surface area contributed by atoms with E-state index in [0.29, 0.717) is 18.9 Å². The van der Waals surface area contributed by atoms with E-state index in [-0.39, 0.29) is 0 Å². The Morgan fingerprint density at radius 1 is 1.50 bits per heavy atom. The van der Waals surface area contributed by atoms with E-state index in [1.54, 1.807) is 0 Å². The summed E-state index contributed by atoms with van der Waals surface area (Å²) < 4.78 is 5.08. The molecule has 3 nitrogen and oxygen atoms in total. The fourth-order valence-corrected chi connectivity index (χ4v) is 0.973. The Bertz CT molecular complexity index is 134. The van der Waals surface area contributed by atoms with Crippen molar-refractivity contribution in [3.8, 4) is 0 Å². The maximum atomic E-state index is 10.6. The van der Waals surface area contributed by atoms with E-state index < -0.39 is 12.1 Å². The van der Waals surface area contributed by atoms with Gasteiger partial charge in [-0.15, -0.1) is 0 Å². The van der Waals surface area contributed by atoms with Gasteiger partial charge in [0.1, 0.15) is 0 Å². The number of hydrogen-bond acceptors (Lipinski definition) is 2. The normalized spacial score (nSPS) is 15.6. The zero-order chi connectivity index (χ0) is 9.56. The third kappa shape index (κ3) is 4.34. The Hall–Kier alpha value is -0.570. The maximum absolute atomic E-state index is 10.6. The van der Waals surface area contributed by atoms with Gasteiger partial charge in [-0.2, -0.15) is 0 Å². The number of rotatable bonds is 6. The number of ether oxygens (including phenoxy) is 1. The first-order valence-corrected chi connectivity index (χ1v) is 4.46. The highest BCUT2D eigenvalue weighted by Crippen LogP contribution is 2.12. The lowest BCUT2D eigenvalue weighted by atomic mass is 10.0. The van der Waals surface area contributed by atoms with Crippen LogP contribution >= 0.6 is 0 Å². The molecule has 12 heavy (non-hydrogen) atoms. The molecule has 1 unspecified atom stereocenters. The SMILES string of the molecule is CCOC(C[C@H](C)CC)C(=O)O. The molecule has 0 aliphatic carbocycles. The highest BCUT2D eigenvalue weighted by atomic mass is 16.5. The average Bonchev–Trinajstić information content (AvgIpc) is 2.03. The standard InChI is InChI=1S/C9H18O3/c1-4-7(3)6-8(9(10)11)12-5-2/h7-8H,4-6H2,1-3H3,(H,10,11)/t7-,8?/m1/s1. The second kappa shape index (κ2) is 6.00. The highest BCUT2D eigenvalue weighted by Gasteiger charge is 2.19. The zero-order valence-electron chi connectivity index (χ0n) is 8.04. The number of carboxylic acid groups (broad SMARTS) is 1. The van der Waals surface area contributed by atoms with E-state index in [9.17, 15) is 4.79 Å². The van der Waals surface area contributed by atoms with Crippen molar-refractivity contribution in [3.05, 3.63) is 0 Å². The summed E-state index contributed by atoms with van der Waals surface area (Å²) in [5, 5.41) is 8.72. The zero-order valence-corrected chi connectivity index (χ0v) is 8.04. The first kappa shape index (κ1) is 11.4. The van der Waals surface area contributed by atoms with Crippen LogP contribution < -0.4 is 0 Å². The highest BCUT2D eigenvalue weighted by molar-refractivity contribution is 5.72. The molecule has 3 heteroatoms. The Labute approximate surface area is 73.7 Å². The smallest absolute Gasteiger partial charge is 0.332 e. The molecule has 0 bridgehead atoms. The average molecular weight is 174 g/mol. The van der Waals surface area contributed by atoms with Crippen molar-refractivity contribution < 1.29 is 14.6 Å². The van der Waals surface area contributed by atoms with Crippen molar-refractivity contribution in [1.82, 2.24) is 0 Å². The van der Waals surface area contributed by atoms with Crippen LogP contribution in [0.3, 0.4) is 0 Å². The number of carboxylic acids is 1. The molecule has 0 saturated heterocycles. The fraction of sp³-hybridized carbons (Fsp3) is 0.889. The predicted octanol–water partition coefficient (Wildman–Crippen LogP) is 1.91. The summed E-state index contributed by atoms with van der Waals surface area (Å²) in [5.74, 6) is -0.435. The molecule has 0 aliphatic rings. The third-order valence-electron chi connectivity index (χ3n) is 1.96. The molecule has 0 heterocycles. The van der Waals surface area contributed by atoms with Crippen molar-refractivity contribution in [1.29, 1.82) is 0 Å². The number of hydrogen-bond donors (Lipinski definition) is 1. The van der Waals surface area contributed by atoms with Crippen molar-refractivity contribution >= 4 is 5.97 Å². The summed E-state index contributed by atoms with van der Waals surface area (Å²) >= 11 is 0. The van der Waals surface area contributed by atoms with Crippen LogP contribution in [0.25, 0.3) is 0 Å². The van der Waals surface area contributed by atoms with Crippen molar-refractivity contribution in [2.45, 2.75) is 39.7 Å². The molecule has 0 aliphatic heterocycles. The van der Waals surface area contributed by atoms with E-state index in [1.165, 1.54) is 0 Å². The molecule has 0 aromatic heterocycles. The summed E-state index contributed by atoms with van der Waals surface area (Å²) in [5.41, 5.74) is 0. The Morgan fingerprint density at radius 3 is 2.42 bits per heavy atom. The lowest BCUT2D eigenvalue weighted by Gasteiger charge is -2.15. The van der Waals surface area contributed by atoms with Crippen LogP contribution in [0.1, 0.15) is 33.6 Å². The van der Waals surface area contributed by atoms with Gasteiger partial charge in [-0.1, -0.05) is 20.3 Å². The summed E-state index contributed by atoms with van der Waals surface area (Å²) in [6.45, 7) is 6.37. The minimum atomic E-state index is -0.850. The fourth-order valence-electron chi connectivity index (χ4n) is 0.973. The molecule has 0 saturated carbocycles. The van der Waals surface area contributed by atoms with Crippen LogP contribution in [-0.4, -0.2) is 23.8 Å². The summed E-state index contributed by atoms with van der Waals surface area (Å²) in [6, 6.07) is 0. The van der Waals surface area contributed by atoms with Crippen LogP contribution in [0.4, 0.5) is 0 Å². The van der Waals surface area contributed by atoms with Gasteiger partial charge in [-0.05, 0) is 19.3 Å². The van der Waals surface area contributed by atoms with Gasteiger partial charge in [0.2, 0.25) is 0 Å². The lowest BCUT2D eigenvalue weighted by molar-refractivity contribution is -0.151. The Kier molecular flexibility index (Phi) is 5.72. The number of carbonyl (C=O) groups is 1. The Balaban J connectivity index is 3.86. The van der Waals surface area contributed by atoms with Gasteiger partial charge in [0.15, 0.2) is 6.10 Å². The molecule has 0 spiro atoms. The van der Waals surface area contributed by atoms with Gasteiger partial charge in [0, 0.05) is 6.61 Å². The molecule has 0 fully saturated rings. The van der Waals surface area contributed by atoms with Crippen LogP contribution in [0.15, 0.2) is 0 Å². The molecule has 0 amide bonds. The van der Waals surface area contributed by atoms with Gasteiger partial charge in [0.25, 0.3) is 0 Å². The quantitative estimate of drug-likeness (QED) is 0.669. The van der Waals surface area contributed by atoms with Gasteiger partial charge < -0.3 is 9.84 Å². The van der Waals surface area contributed by atoms with Gasteiger partial charge in [-0.3, -0.25) is 0 Å². The minimum Gasteiger partial charge on any atom is -0.479 e. The molecule has 0 aromatic carbocycles. The van der Waals surface area contributed by atoms with E-state index in [0.717, 1.165) is 6.42 Å². The molecular weight excluding hydrogens is 156 g/mol. The topological polar surface area (TPSA) is 46.5 Å². The third-order valence-corrected chi connectivity index (χ3v) is 1.96. The summed E-state index contributed by atoms with van der Waals surface area (Å²) in [7, 11) is 0. The van der Waals surface area contributed by atoms with E-state index in [1.807, 2.05) is 13.8 Å². The lowest BCUT2D eigenvalue weighted by Crippen LogP contribution is -2.26. The molecule has 0 radical (unpaired) electrons. The molecule has 2 atom stereocenters. The summed E-state index contributed by atoms with van der Waals surface area (Å²) in [4.78, 5) is 10.6. The van der Waals surface area contributed by atoms with Crippen LogP contribution in [0.2, 0.25) is 0 Å². The predicted molar refractivity (Wildman–Crippen MR) is 47.1 cm³/mol. The first-order chi connectivity index (χ1) is 5.61. The first-order valence-electron chi connectivity index (χ1n) is 4.46. The maximum Gasteiger partial charge on any atom is 0.332 e. The van der Waals surface area contributed by atoms with Crippen LogP contribution in [-0.2, 0) is 9.53 Å². The van der Waals surface area contributed by atoms with Crippen LogP contribution in [0, 0.1) is 5.92 Å². The van der Waals surface area contributed by atoms with Crippen LogP contribution in [0.5, 0.6) is 0 Å². The van der Waals surface area contributed by atoms with Gasteiger partial charge >= 0.3 is 5.97 Å². The van der Waals surface area contributed by atoms with Gasteiger partial charge in [0.05, 0.1) is 0 Å². The van der Waals surface area contributed by atoms with Gasteiger partial charge in [-0.25, -0.2) is 4.79 Å². The molecule has 72 valence electrons. The van der Waals surface area contributed by atoms with Crippen molar-refractivity contribution in [2.24, 2.45) is 5.92 Å². The van der Waals surface area contributed by atoms with Crippen molar-refractivity contribution in [2.75, 3.05) is 6.61 Å². The monoisotopic (exact) mass is 174 g/mol. The largest absolute Gasteiger partial charge is 0.479 e. The second-order valence-electron chi connectivity index (χ2n) is 3.03. The summed E-state index contributed by atoms with van der Waals surface area (Å²) in [6.07, 6.45) is 0.987. The van der Waals surface area contributed by atoms with E-state index in [2.05, 4.69) is 6.92 Å². The minimum absolute atomic E-state index is 0.414. The van der Waals surface area contributed by atoms with Crippen molar-refractivity contribution in [3.63, 3.8) is 0 Å². The van der Waals surface area contributed by atoms with E-state index >= 15 is 0 Å². The Morgan fingerprint density at radius 2 is 2.08 bits per heavy atom. The second-order valence-corrected chi connectivity index (χ2v) is 3.03. The molecular formula is C9H18O3. The van der Waals surface area contributed by atoms with E-state index in [4.69, 9.17) is 9.84 Å².